The highest BCUT2D eigenvalue weighted by Crippen LogP contribution is 2.27. The Morgan fingerprint density at radius 3 is 2.53 bits per heavy atom. The summed E-state index contributed by atoms with van der Waals surface area (Å²) in [5, 5.41) is 23.0. The van der Waals surface area contributed by atoms with Gasteiger partial charge < -0.3 is 5.11 Å². The molecule has 0 bridgehead atoms. The minimum atomic E-state index is -0.760. The summed E-state index contributed by atoms with van der Waals surface area (Å²) in [5.74, 6) is 0. The Kier molecular flexibility index (Phi) is 3.27. The van der Waals surface area contributed by atoms with Gasteiger partial charge in [-0.3, -0.25) is 4.68 Å². The number of aliphatic hydroxyl groups excluding tert-OH is 1. The average Bonchev–Trinajstić information content (AvgIpc) is 2.68. The molecule has 0 aliphatic carbocycles. The highest BCUT2D eigenvalue weighted by atomic mass is 79.9. The predicted octanol–water partition coefficient (Wildman–Crippen LogP) is 2.14. The Balaban J connectivity index is 2.37. The van der Waals surface area contributed by atoms with Crippen molar-refractivity contribution in [1.29, 1.82) is 5.26 Å². The molecule has 0 saturated carbocycles. The van der Waals surface area contributed by atoms with Gasteiger partial charge in [-0.25, -0.2) is 0 Å². The van der Waals surface area contributed by atoms with E-state index in [1.165, 1.54) is 0 Å². The van der Waals surface area contributed by atoms with Crippen LogP contribution in [0.3, 0.4) is 0 Å². The van der Waals surface area contributed by atoms with Crippen LogP contribution in [0.2, 0.25) is 0 Å². The first-order chi connectivity index (χ1) is 8.13. The van der Waals surface area contributed by atoms with E-state index in [2.05, 4.69) is 21.0 Å². The van der Waals surface area contributed by atoms with E-state index < -0.39 is 6.10 Å². The topological polar surface area (TPSA) is 61.8 Å². The van der Waals surface area contributed by atoms with Gasteiger partial charge in [0.15, 0.2) is 0 Å². The van der Waals surface area contributed by atoms with Gasteiger partial charge in [0.25, 0.3) is 0 Å². The minimum Gasteiger partial charge on any atom is -0.382 e. The second kappa shape index (κ2) is 4.70. The van der Waals surface area contributed by atoms with Crippen molar-refractivity contribution < 1.29 is 5.11 Å². The Morgan fingerprint density at radius 2 is 2.06 bits per heavy atom. The second-order valence-electron chi connectivity index (χ2n) is 3.64. The number of aliphatic hydroxyl groups is 1. The predicted molar refractivity (Wildman–Crippen MR) is 66.1 cm³/mol. The molecular weight excluding hydrogens is 282 g/mol. The van der Waals surface area contributed by atoms with E-state index in [0.29, 0.717) is 11.3 Å². The fourth-order valence-corrected chi connectivity index (χ4v) is 2.19. The largest absolute Gasteiger partial charge is 0.382 e. The minimum absolute atomic E-state index is 0.574. The number of hydrogen-bond donors (Lipinski definition) is 1. The number of hydrogen-bond acceptors (Lipinski definition) is 3. The first-order valence-electron chi connectivity index (χ1n) is 4.99. The van der Waals surface area contributed by atoms with Gasteiger partial charge in [0.2, 0.25) is 0 Å². The van der Waals surface area contributed by atoms with Gasteiger partial charge in [-0.15, -0.1) is 0 Å². The molecule has 0 fully saturated rings. The Bertz CT molecular complexity index is 549. The van der Waals surface area contributed by atoms with Gasteiger partial charge in [0, 0.05) is 7.05 Å². The van der Waals surface area contributed by atoms with Crippen molar-refractivity contribution in [1.82, 2.24) is 9.78 Å². The van der Waals surface area contributed by atoms with Crippen LogP contribution in [0.5, 0.6) is 0 Å². The summed E-state index contributed by atoms with van der Waals surface area (Å²) >= 11 is 3.35. The lowest BCUT2D eigenvalue weighted by Crippen LogP contribution is -2.07. The summed E-state index contributed by atoms with van der Waals surface area (Å²) in [4.78, 5) is 0. The smallest absolute Gasteiger partial charge is 0.122 e. The molecule has 0 saturated heterocycles. The number of aromatic nitrogens is 2. The molecule has 2 rings (SSSR count). The highest BCUT2D eigenvalue weighted by molar-refractivity contribution is 9.10. The molecule has 1 N–H and O–H groups in total. The third kappa shape index (κ3) is 2.23. The lowest BCUT2D eigenvalue weighted by molar-refractivity contribution is 0.209. The zero-order valence-electron chi connectivity index (χ0n) is 9.13. The average molecular weight is 292 g/mol. The molecule has 1 aromatic heterocycles. The molecule has 1 atom stereocenters. The van der Waals surface area contributed by atoms with Crippen molar-refractivity contribution in [2.45, 2.75) is 6.10 Å². The van der Waals surface area contributed by atoms with Crippen LogP contribution in [0.15, 0.2) is 34.9 Å². The van der Waals surface area contributed by atoms with Crippen LogP contribution in [-0.2, 0) is 7.05 Å². The van der Waals surface area contributed by atoms with Crippen molar-refractivity contribution in [3.05, 3.63) is 51.8 Å². The molecule has 0 aliphatic heterocycles. The van der Waals surface area contributed by atoms with Gasteiger partial charge in [-0.2, -0.15) is 10.4 Å². The standard InChI is InChI=1S/C12H10BrN3O/c1-16-11(10(13)7-15-16)12(17)9-4-2-8(6-14)3-5-9/h2-5,7,12,17H,1H3. The van der Waals surface area contributed by atoms with Crippen molar-refractivity contribution in [3.8, 4) is 6.07 Å². The quantitative estimate of drug-likeness (QED) is 0.922. The van der Waals surface area contributed by atoms with Gasteiger partial charge in [0.1, 0.15) is 6.10 Å². The SMILES string of the molecule is Cn1ncc(Br)c1C(O)c1ccc(C#N)cc1. The summed E-state index contributed by atoms with van der Waals surface area (Å²) in [5.41, 5.74) is 1.99. The Labute approximate surface area is 107 Å². The molecule has 4 nitrogen and oxygen atoms in total. The summed E-state index contributed by atoms with van der Waals surface area (Å²) in [6.45, 7) is 0. The fraction of sp³-hybridized carbons (Fsp3) is 0.167. The third-order valence-corrected chi connectivity index (χ3v) is 3.16. The maximum atomic E-state index is 10.2. The maximum absolute atomic E-state index is 10.2. The summed E-state index contributed by atoms with van der Waals surface area (Å²) in [6, 6.07) is 8.89. The first kappa shape index (κ1) is 11.8. The van der Waals surface area contributed by atoms with Crippen molar-refractivity contribution >= 4 is 15.9 Å². The number of aryl methyl sites for hydroxylation is 1. The summed E-state index contributed by atoms with van der Waals surface area (Å²) in [7, 11) is 1.77. The number of nitrogens with zero attached hydrogens (tertiary/aromatic N) is 3. The molecule has 2 aromatic rings. The first-order valence-corrected chi connectivity index (χ1v) is 5.78. The normalized spacial score (nSPS) is 12.1. The van der Waals surface area contributed by atoms with Crippen LogP contribution < -0.4 is 0 Å². The maximum Gasteiger partial charge on any atom is 0.122 e. The molecule has 1 aromatic carbocycles. The van der Waals surface area contributed by atoms with E-state index in [0.717, 1.165) is 10.0 Å². The molecule has 1 unspecified atom stereocenters. The number of halogens is 1. The van der Waals surface area contributed by atoms with Crippen molar-refractivity contribution in [2.24, 2.45) is 7.05 Å². The number of nitriles is 1. The van der Waals surface area contributed by atoms with Crippen LogP contribution >= 0.6 is 15.9 Å². The van der Waals surface area contributed by atoms with E-state index in [9.17, 15) is 5.11 Å². The third-order valence-electron chi connectivity index (χ3n) is 2.55. The van der Waals surface area contributed by atoms with E-state index in [-0.39, 0.29) is 0 Å². The van der Waals surface area contributed by atoms with Crippen LogP contribution in [0.4, 0.5) is 0 Å². The number of rotatable bonds is 2. The molecule has 0 aliphatic rings. The molecule has 0 radical (unpaired) electrons. The Morgan fingerprint density at radius 1 is 1.41 bits per heavy atom. The van der Waals surface area contributed by atoms with Gasteiger partial charge in [0.05, 0.1) is 28.0 Å². The fourth-order valence-electron chi connectivity index (χ4n) is 1.63. The van der Waals surface area contributed by atoms with Crippen molar-refractivity contribution in [3.63, 3.8) is 0 Å². The molecule has 17 heavy (non-hydrogen) atoms. The summed E-state index contributed by atoms with van der Waals surface area (Å²) < 4.78 is 2.38. The Hall–Kier alpha value is -1.64. The van der Waals surface area contributed by atoms with E-state index in [1.807, 2.05) is 6.07 Å². The molecular formula is C12H10BrN3O. The van der Waals surface area contributed by atoms with Crippen LogP contribution in [0.1, 0.15) is 22.9 Å². The monoisotopic (exact) mass is 291 g/mol. The zero-order valence-corrected chi connectivity index (χ0v) is 10.7. The highest BCUT2D eigenvalue weighted by Gasteiger charge is 2.17. The van der Waals surface area contributed by atoms with Gasteiger partial charge in [-0.05, 0) is 33.6 Å². The molecule has 5 heteroatoms. The van der Waals surface area contributed by atoms with Gasteiger partial charge in [-0.1, -0.05) is 12.1 Å². The van der Waals surface area contributed by atoms with Crippen molar-refractivity contribution in [2.75, 3.05) is 0 Å². The van der Waals surface area contributed by atoms with Crippen LogP contribution in [0, 0.1) is 11.3 Å². The zero-order chi connectivity index (χ0) is 12.4. The molecule has 0 spiro atoms. The number of benzene rings is 1. The molecule has 86 valence electrons. The van der Waals surface area contributed by atoms with Crippen LogP contribution in [-0.4, -0.2) is 14.9 Å². The van der Waals surface area contributed by atoms with E-state index in [1.54, 1.807) is 42.2 Å². The van der Waals surface area contributed by atoms with Crippen LogP contribution in [0.25, 0.3) is 0 Å². The van der Waals surface area contributed by atoms with E-state index >= 15 is 0 Å². The van der Waals surface area contributed by atoms with E-state index in [4.69, 9.17) is 5.26 Å². The molecule has 1 heterocycles. The lowest BCUT2D eigenvalue weighted by Gasteiger charge is -2.12. The molecule has 0 amide bonds. The van der Waals surface area contributed by atoms with Gasteiger partial charge >= 0.3 is 0 Å². The summed E-state index contributed by atoms with van der Waals surface area (Å²) in [6.07, 6.45) is 0.881. The lowest BCUT2D eigenvalue weighted by atomic mass is 10.1. The second-order valence-corrected chi connectivity index (χ2v) is 4.49.